The molecule has 4 heteroatoms. The molecule has 116 valence electrons. The first-order valence-electron chi connectivity index (χ1n) is 8.01. The maximum Gasteiger partial charge on any atom is 0.227 e. The second kappa shape index (κ2) is 4.42. The molecular formula is C18H20O4. The van der Waals surface area contributed by atoms with Gasteiger partial charge in [-0.05, 0) is 60.8 Å². The van der Waals surface area contributed by atoms with Gasteiger partial charge >= 0.3 is 0 Å². The molecule has 4 nitrogen and oxygen atoms in total. The fourth-order valence-corrected chi connectivity index (χ4v) is 5.19. The highest BCUT2D eigenvalue weighted by molar-refractivity contribution is 6.42. The third kappa shape index (κ3) is 1.62. The summed E-state index contributed by atoms with van der Waals surface area (Å²) in [6.45, 7) is 1.90. The number of ketones is 2. The highest BCUT2D eigenvalue weighted by atomic mass is 16.3. The zero-order valence-corrected chi connectivity index (χ0v) is 12.6. The lowest BCUT2D eigenvalue weighted by atomic mass is 9.55. The van der Waals surface area contributed by atoms with Crippen molar-refractivity contribution in [1.29, 1.82) is 0 Å². The van der Waals surface area contributed by atoms with Gasteiger partial charge in [0.05, 0.1) is 0 Å². The molecule has 3 aliphatic rings. The van der Waals surface area contributed by atoms with Gasteiger partial charge in [0.25, 0.3) is 0 Å². The molecule has 22 heavy (non-hydrogen) atoms. The molecule has 0 amide bonds. The molecule has 0 aliphatic heterocycles. The van der Waals surface area contributed by atoms with Crippen molar-refractivity contribution in [3.8, 4) is 5.75 Å². The van der Waals surface area contributed by atoms with Gasteiger partial charge in [-0.2, -0.15) is 0 Å². The standard InChI is InChI=1S/C18H20O4/c1-18-7-6-12-11-5-3-10(19)8-9(11)2-4-13(12)14(18)15(20)16(21)17(18)22/h3,5,8,12-14,17,19,22H,2,4,6-7H2,1H3/t12-,13-,14-,17?,18+/m1/s1. The quantitative estimate of drug-likeness (QED) is 0.718. The molecule has 0 radical (unpaired) electrons. The molecule has 3 aliphatic carbocycles. The Labute approximate surface area is 129 Å². The second-order valence-electron chi connectivity index (χ2n) is 7.35. The molecule has 0 bridgehead atoms. The Bertz CT molecular complexity index is 680. The Morgan fingerprint density at radius 3 is 2.73 bits per heavy atom. The van der Waals surface area contributed by atoms with E-state index in [0.717, 1.165) is 24.8 Å². The molecule has 1 unspecified atom stereocenters. The van der Waals surface area contributed by atoms with E-state index in [1.54, 1.807) is 6.07 Å². The van der Waals surface area contributed by atoms with E-state index in [9.17, 15) is 19.8 Å². The van der Waals surface area contributed by atoms with Crippen LogP contribution < -0.4 is 0 Å². The van der Waals surface area contributed by atoms with Gasteiger partial charge in [0.1, 0.15) is 11.9 Å². The van der Waals surface area contributed by atoms with Gasteiger partial charge in [-0.3, -0.25) is 9.59 Å². The Kier molecular flexibility index (Phi) is 2.80. The molecule has 0 spiro atoms. The summed E-state index contributed by atoms with van der Waals surface area (Å²) in [7, 11) is 0. The number of fused-ring (bicyclic) bond motifs is 5. The number of carbonyl (C=O) groups is 2. The lowest BCUT2D eigenvalue weighted by Gasteiger charge is -2.48. The highest BCUT2D eigenvalue weighted by Crippen LogP contribution is 2.59. The van der Waals surface area contributed by atoms with Crippen molar-refractivity contribution in [3.05, 3.63) is 29.3 Å². The molecule has 0 heterocycles. The first kappa shape index (κ1) is 13.9. The fourth-order valence-electron chi connectivity index (χ4n) is 5.19. The summed E-state index contributed by atoms with van der Waals surface area (Å²) < 4.78 is 0. The number of aliphatic hydroxyl groups excluding tert-OH is 1. The second-order valence-corrected chi connectivity index (χ2v) is 7.35. The molecule has 0 aromatic heterocycles. The third-order valence-corrected chi connectivity index (χ3v) is 6.32. The summed E-state index contributed by atoms with van der Waals surface area (Å²) in [6, 6.07) is 5.48. The topological polar surface area (TPSA) is 74.6 Å². The minimum absolute atomic E-state index is 0.129. The molecule has 4 rings (SSSR count). The Hall–Kier alpha value is -1.68. The van der Waals surface area contributed by atoms with Crippen LogP contribution in [0.25, 0.3) is 0 Å². The monoisotopic (exact) mass is 300 g/mol. The fraction of sp³-hybridized carbons (Fsp3) is 0.556. The average molecular weight is 300 g/mol. The van der Waals surface area contributed by atoms with Gasteiger partial charge in [-0.25, -0.2) is 0 Å². The Morgan fingerprint density at radius 2 is 1.95 bits per heavy atom. The summed E-state index contributed by atoms with van der Waals surface area (Å²) in [5.41, 5.74) is 1.77. The summed E-state index contributed by atoms with van der Waals surface area (Å²) in [4.78, 5) is 24.4. The van der Waals surface area contributed by atoms with Gasteiger partial charge < -0.3 is 10.2 Å². The molecular weight excluding hydrogens is 280 g/mol. The predicted molar refractivity (Wildman–Crippen MR) is 79.5 cm³/mol. The number of phenols is 1. The lowest BCUT2D eigenvalue weighted by molar-refractivity contribution is -0.139. The largest absolute Gasteiger partial charge is 0.508 e. The lowest BCUT2D eigenvalue weighted by Crippen LogP contribution is -2.45. The molecule has 2 fully saturated rings. The normalized spacial score (nSPS) is 40.1. The number of aromatic hydroxyl groups is 1. The maximum atomic E-state index is 12.4. The van der Waals surface area contributed by atoms with Gasteiger partial charge in [0.2, 0.25) is 11.6 Å². The van der Waals surface area contributed by atoms with E-state index in [0.29, 0.717) is 6.42 Å². The third-order valence-electron chi connectivity index (χ3n) is 6.32. The van der Waals surface area contributed by atoms with Crippen LogP contribution in [0.15, 0.2) is 18.2 Å². The van der Waals surface area contributed by atoms with Crippen LogP contribution in [-0.2, 0) is 16.0 Å². The zero-order valence-electron chi connectivity index (χ0n) is 12.6. The summed E-state index contributed by atoms with van der Waals surface area (Å²) in [6.07, 6.45) is 2.10. The first-order valence-corrected chi connectivity index (χ1v) is 8.01. The smallest absolute Gasteiger partial charge is 0.227 e. The molecule has 5 atom stereocenters. The number of phenolic OH excluding ortho intramolecular Hbond substituents is 1. The summed E-state index contributed by atoms with van der Waals surface area (Å²) >= 11 is 0. The van der Waals surface area contributed by atoms with Gasteiger partial charge in [0.15, 0.2) is 0 Å². The van der Waals surface area contributed by atoms with Gasteiger partial charge in [0, 0.05) is 11.3 Å². The number of Topliss-reactive ketones (excluding diaryl/α,β-unsaturated/α-hetero) is 2. The molecule has 1 aromatic carbocycles. The van der Waals surface area contributed by atoms with E-state index < -0.39 is 17.3 Å². The molecule has 0 saturated heterocycles. The molecule has 1 aromatic rings. The van der Waals surface area contributed by atoms with E-state index in [2.05, 4.69) is 0 Å². The van der Waals surface area contributed by atoms with Crippen molar-refractivity contribution >= 4 is 11.6 Å². The Balaban J connectivity index is 1.77. The van der Waals surface area contributed by atoms with Crippen molar-refractivity contribution in [2.75, 3.05) is 0 Å². The summed E-state index contributed by atoms with van der Waals surface area (Å²) in [5, 5.41) is 19.9. The van der Waals surface area contributed by atoms with E-state index in [4.69, 9.17) is 0 Å². The SMILES string of the molecule is C[C@]12CC[C@@H]3c4ccc(O)cc4CC[C@H]3[C@@H]1C(=O)C(=O)C2O. The number of hydrogen-bond acceptors (Lipinski definition) is 4. The average Bonchev–Trinajstić information content (AvgIpc) is 2.68. The van der Waals surface area contributed by atoms with Crippen molar-refractivity contribution in [2.24, 2.45) is 17.3 Å². The van der Waals surface area contributed by atoms with Gasteiger partial charge in [-0.1, -0.05) is 13.0 Å². The maximum absolute atomic E-state index is 12.4. The van der Waals surface area contributed by atoms with E-state index in [1.165, 1.54) is 5.56 Å². The van der Waals surface area contributed by atoms with Crippen LogP contribution in [0.2, 0.25) is 0 Å². The van der Waals surface area contributed by atoms with Crippen LogP contribution in [-0.4, -0.2) is 27.9 Å². The number of rotatable bonds is 0. The van der Waals surface area contributed by atoms with E-state index >= 15 is 0 Å². The highest BCUT2D eigenvalue weighted by Gasteiger charge is 2.62. The van der Waals surface area contributed by atoms with Crippen LogP contribution in [0, 0.1) is 17.3 Å². The molecule has 2 N–H and O–H groups in total. The van der Waals surface area contributed by atoms with Crippen molar-refractivity contribution < 1.29 is 19.8 Å². The zero-order chi connectivity index (χ0) is 15.6. The van der Waals surface area contributed by atoms with Crippen molar-refractivity contribution in [2.45, 2.75) is 44.6 Å². The number of benzene rings is 1. The predicted octanol–water partition coefficient (Wildman–Crippen LogP) is 1.97. The number of hydrogen-bond donors (Lipinski definition) is 2. The van der Waals surface area contributed by atoms with Crippen LogP contribution in [0.1, 0.15) is 43.2 Å². The number of aryl methyl sites for hydroxylation is 1. The minimum atomic E-state index is -1.13. The minimum Gasteiger partial charge on any atom is -0.508 e. The Morgan fingerprint density at radius 1 is 1.18 bits per heavy atom. The van der Waals surface area contributed by atoms with Crippen LogP contribution >= 0.6 is 0 Å². The number of aliphatic hydroxyl groups is 1. The first-order chi connectivity index (χ1) is 10.4. The van der Waals surface area contributed by atoms with Crippen molar-refractivity contribution in [1.82, 2.24) is 0 Å². The van der Waals surface area contributed by atoms with Gasteiger partial charge in [-0.15, -0.1) is 0 Å². The van der Waals surface area contributed by atoms with E-state index in [-0.39, 0.29) is 29.3 Å². The van der Waals surface area contributed by atoms with Crippen LogP contribution in [0.5, 0.6) is 5.75 Å². The summed E-state index contributed by atoms with van der Waals surface area (Å²) in [5.74, 6) is -0.651. The van der Waals surface area contributed by atoms with Crippen molar-refractivity contribution in [3.63, 3.8) is 0 Å². The van der Waals surface area contributed by atoms with Crippen LogP contribution in [0.4, 0.5) is 0 Å². The number of carbonyl (C=O) groups excluding carboxylic acids is 2. The van der Waals surface area contributed by atoms with E-state index in [1.807, 2.05) is 19.1 Å². The molecule has 2 saturated carbocycles. The van der Waals surface area contributed by atoms with Crippen LogP contribution in [0.3, 0.4) is 0 Å².